The Morgan fingerprint density at radius 1 is 0.333 bits per heavy atom. The van der Waals surface area contributed by atoms with Gasteiger partial charge < -0.3 is 9.80 Å². The van der Waals surface area contributed by atoms with E-state index in [1.54, 1.807) is 58.3 Å². The maximum absolute atomic E-state index is 18.5. The molecule has 72 heavy (non-hydrogen) atoms. The fourth-order valence-corrected chi connectivity index (χ4v) is 9.98. The van der Waals surface area contributed by atoms with Crippen LogP contribution in [0.3, 0.4) is 0 Å². The molecule has 0 N–H and O–H groups in total. The summed E-state index contributed by atoms with van der Waals surface area (Å²) < 4.78 is 213. The Kier molecular flexibility index (Phi) is 6.93. The van der Waals surface area contributed by atoms with E-state index in [2.05, 4.69) is 0 Å². The van der Waals surface area contributed by atoms with E-state index in [9.17, 15) is 5.48 Å². The lowest BCUT2D eigenvalue weighted by Gasteiger charge is -2.32. The van der Waals surface area contributed by atoms with E-state index in [0.717, 1.165) is 34.4 Å². The first kappa shape index (κ1) is 27.5. The molecule has 0 saturated carbocycles. The van der Waals surface area contributed by atoms with Gasteiger partial charge >= 0.3 is 0 Å². The molecule has 4 heteroatoms. The highest BCUT2D eigenvalue weighted by Crippen LogP contribution is 2.52. The van der Waals surface area contributed by atoms with E-state index in [0.29, 0.717) is 43.7 Å². The van der Waals surface area contributed by atoms with Crippen LogP contribution in [0.1, 0.15) is 49.7 Å². The number of halogens is 2. The van der Waals surface area contributed by atoms with E-state index in [1.165, 1.54) is 12.1 Å². The molecule has 0 atom stereocenters. The van der Waals surface area contributed by atoms with Gasteiger partial charge in [0.15, 0.2) is 0 Å². The van der Waals surface area contributed by atoms with Crippen molar-refractivity contribution in [3.05, 3.63) is 264 Å². The van der Waals surface area contributed by atoms with E-state index < -0.39 is 155 Å². The van der Waals surface area contributed by atoms with Gasteiger partial charge in [0.25, 0.3) is 0 Å². The van der Waals surface area contributed by atoms with Crippen LogP contribution in [0.15, 0.2) is 230 Å². The van der Waals surface area contributed by atoms with E-state index in [-0.39, 0.29) is 45.0 Å². The molecule has 0 spiro atoms. The molecule has 0 saturated heterocycles. The summed E-state index contributed by atoms with van der Waals surface area (Å²) in [6.45, 7) is 7.30. The van der Waals surface area contributed by atoms with Crippen LogP contribution >= 0.6 is 0 Å². The SMILES string of the molecule is [2H]c1c([2H])c([2H])c(-c2cc(F)c(N(c3cc(C)cc(C)c3)c3ccc4ccc5c(N(c6cc(C)cc(C)c6)c6c(F)cc(-c7c([2H])c([2H])c([2H])c([2H])c7[2H])cc6-c6c([2H])c([2H])c([2H])c([2H])c6[2H])ccc6ccc3c4c65)c(-c3c([2H])c([2H])c([2H])c([2H])c3[2H])c2)c([2H])c1[2H]. The maximum Gasteiger partial charge on any atom is 0.148 e. The highest BCUT2D eigenvalue weighted by atomic mass is 19.1. The molecule has 0 heterocycles. The molecular formula is C68H50F2N2. The molecule has 346 valence electrons. The van der Waals surface area contributed by atoms with Gasteiger partial charge in [-0.3, -0.25) is 0 Å². The van der Waals surface area contributed by atoms with Gasteiger partial charge in [0.05, 0.1) is 50.2 Å². The minimum absolute atomic E-state index is 0.253. The molecule has 12 aromatic rings. The van der Waals surface area contributed by atoms with E-state index in [1.807, 2.05) is 64.1 Å². The predicted molar refractivity (Wildman–Crippen MR) is 300 cm³/mol. The second-order valence-electron chi connectivity index (χ2n) is 17.7. The molecule has 0 fully saturated rings. The molecule has 2 nitrogen and oxygen atoms in total. The number of benzene rings is 12. The Balaban J connectivity index is 1.20. The standard InChI is InChI=1S/C68H50F2N2/c1-43-33-44(2)36-55(35-43)71(67-59(49-21-13-7-14-22-49)39-53(41-61(67)69)47-17-9-5-10-18-47)63-31-27-51-26-30-58-64(32-28-52-25-29-57(63)65(51)66(52)58)72(56-37-45(3)34-46(4)38-56)68-60(50-23-15-8-16-24-50)40-54(42-62(68)70)48-19-11-6-12-20-48/h5-42H,1-4H3/i5D,6D,7D,8D,9D,10D,11D,12D,13D,14D,15D,16D,17D,18D,19D,20D,21D,22D,23D,24D. The first-order valence-corrected chi connectivity index (χ1v) is 22.9. The summed E-state index contributed by atoms with van der Waals surface area (Å²) in [5, 5.41) is 3.35. The maximum atomic E-state index is 18.5. The van der Waals surface area contributed by atoms with Gasteiger partial charge in [0.2, 0.25) is 0 Å². The Hall–Kier alpha value is -8.86. The minimum atomic E-state index is -1.08. The van der Waals surface area contributed by atoms with Crippen LogP contribution < -0.4 is 9.80 Å². The van der Waals surface area contributed by atoms with Gasteiger partial charge in [-0.1, -0.05) is 169 Å². The number of rotatable bonds is 10. The molecule has 0 amide bonds. The van der Waals surface area contributed by atoms with Crippen molar-refractivity contribution in [1.82, 2.24) is 0 Å². The van der Waals surface area contributed by atoms with E-state index in [4.69, 9.17) is 21.9 Å². The Morgan fingerprint density at radius 2 is 0.653 bits per heavy atom. The molecule has 0 aromatic heterocycles. The van der Waals surface area contributed by atoms with Crippen LogP contribution in [-0.4, -0.2) is 0 Å². The van der Waals surface area contributed by atoms with Crippen molar-refractivity contribution in [2.24, 2.45) is 0 Å². The fraction of sp³-hybridized carbons (Fsp3) is 0.0588. The Bertz CT molecular complexity index is 4750. The van der Waals surface area contributed by atoms with Crippen LogP contribution in [0.5, 0.6) is 0 Å². The molecule has 0 unspecified atom stereocenters. The molecule has 0 bridgehead atoms. The first-order valence-electron chi connectivity index (χ1n) is 32.9. The lowest BCUT2D eigenvalue weighted by Crippen LogP contribution is -2.15. The van der Waals surface area contributed by atoms with Crippen LogP contribution in [0, 0.1) is 39.3 Å². The van der Waals surface area contributed by atoms with Gasteiger partial charge in [-0.15, -0.1) is 0 Å². The molecule has 12 rings (SSSR count). The lowest BCUT2D eigenvalue weighted by molar-refractivity contribution is 0.629. The summed E-state index contributed by atoms with van der Waals surface area (Å²) in [5.74, 6) is -2.16. The molecule has 0 aliphatic heterocycles. The van der Waals surface area contributed by atoms with Crippen molar-refractivity contribution in [3.8, 4) is 44.5 Å². The first-order chi connectivity index (χ1) is 43.4. The average molecular weight is 953 g/mol. The predicted octanol–water partition coefficient (Wildman–Crippen LogP) is 19.7. The van der Waals surface area contributed by atoms with Gasteiger partial charge in [-0.05, 0) is 166 Å². The van der Waals surface area contributed by atoms with Crippen molar-refractivity contribution in [2.45, 2.75) is 27.7 Å². The molecular weight excluding hydrogens is 883 g/mol. The van der Waals surface area contributed by atoms with Crippen molar-refractivity contribution < 1.29 is 36.2 Å². The topological polar surface area (TPSA) is 6.48 Å². The number of hydrogen-bond donors (Lipinski definition) is 0. The monoisotopic (exact) mass is 953 g/mol. The van der Waals surface area contributed by atoms with Gasteiger partial charge in [0.1, 0.15) is 11.6 Å². The largest absolute Gasteiger partial charge is 0.307 e. The quantitative estimate of drug-likeness (QED) is 0.126. The van der Waals surface area contributed by atoms with Gasteiger partial charge in [-0.2, -0.15) is 0 Å². The summed E-state index contributed by atoms with van der Waals surface area (Å²) in [7, 11) is 0. The van der Waals surface area contributed by atoms with Gasteiger partial charge in [-0.25, -0.2) is 8.78 Å². The zero-order valence-electron chi connectivity index (χ0n) is 59.0. The van der Waals surface area contributed by atoms with Crippen molar-refractivity contribution >= 4 is 66.4 Å². The minimum Gasteiger partial charge on any atom is -0.307 e. The lowest BCUT2D eigenvalue weighted by atomic mass is 9.90. The highest BCUT2D eigenvalue weighted by Gasteiger charge is 2.28. The molecule has 0 radical (unpaired) electrons. The van der Waals surface area contributed by atoms with E-state index >= 15 is 8.78 Å². The molecule has 0 aliphatic rings. The number of aryl methyl sites for hydroxylation is 4. The van der Waals surface area contributed by atoms with Crippen molar-refractivity contribution in [3.63, 3.8) is 0 Å². The third-order valence-corrected chi connectivity index (χ3v) is 12.7. The van der Waals surface area contributed by atoms with Crippen molar-refractivity contribution in [1.29, 1.82) is 0 Å². The fourth-order valence-electron chi connectivity index (χ4n) is 9.98. The third kappa shape index (κ3) is 7.92. The number of hydrogen-bond acceptors (Lipinski definition) is 2. The number of anilines is 6. The summed E-state index contributed by atoms with van der Waals surface area (Å²) in [6.07, 6.45) is 0. The molecule has 12 aromatic carbocycles. The summed E-state index contributed by atoms with van der Waals surface area (Å²) >= 11 is 0. The van der Waals surface area contributed by atoms with Crippen LogP contribution in [0.25, 0.3) is 76.8 Å². The average Bonchev–Trinajstić information content (AvgIpc) is 0.726. The third-order valence-electron chi connectivity index (χ3n) is 12.7. The smallest absolute Gasteiger partial charge is 0.148 e. The zero-order valence-corrected chi connectivity index (χ0v) is 39.0. The normalized spacial score (nSPS) is 15.4. The highest BCUT2D eigenvalue weighted by molar-refractivity contribution is 6.28. The molecule has 0 aliphatic carbocycles. The van der Waals surface area contributed by atoms with Crippen LogP contribution in [0.4, 0.5) is 42.9 Å². The Morgan fingerprint density at radius 3 is 1.00 bits per heavy atom. The number of nitrogens with zero attached hydrogens (tertiary/aromatic N) is 2. The second-order valence-corrected chi connectivity index (χ2v) is 17.7. The summed E-state index contributed by atoms with van der Waals surface area (Å²) in [4.78, 5) is 3.09. The van der Waals surface area contributed by atoms with Crippen LogP contribution in [-0.2, 0) is 0 Å². The van der Waals surface area contributed by atoms with Crippen molar-refractivity contribution in [2.75, 3.05) is 9.80 Å². The second kappa shape index (κ2) is 18.1. The zero-order chi connectivity index (χ0) is 66.4. The summed E-state index contributed by atoms with van der Waals surface area (Å²) in [5.41, 5.74) is 0.596. The summed E-state index contributed by atoms with van der Waals surface area (Å²) in [6, 6.07) is 15.3. The van der Waals surface area contributed by atoms with Crippen LogP contribution in [0.2, 0.25) is 0 Å². The Labute approximate surface area is 447 Å². The van der Waals surface area contributed by atoms with Gasteiger partial charge in [0, 0.05) is 33.3 Å².